The van der Waals surface area contributed by atoms with Crippen molar-refractivity contribution in [3.63, 3.8) is 0 Å². The Labute approximate surface area is 171 Å². The molecule has 2 aromatic carbocycles. The molecule has 2 aliphatic heterocycles. The largest absolute Gasteiger partial charge is 0.497 e. The Hall–Kier alpha value is -3.08. The average molecular weight is 390 g/mol. The molecule has 0 N–H and O–H groups in total. The van der Waals surface area contributed by atoms with Crippen molar-refractivity contribution in [2.24, 2.45) is 0 Å². The van der Waals surface area contributed by atoms with Gasteiger partial charge in [0.25, 0.3) is 11.8 Å². The molecule has 0 fully saturated rings. The molecular formula is C24H26N2O3. The summed E-state index contributed by atoms with van der Waals surface area (Å²) in [5.74, 6) is 0.330. The zero-order valence-electron chi connectivity index (χ0n) is 17.0. The first-order chi connectivity index (χ1) is 14.2. The number of unbranched alkanes of at least 4 members (excludes halogenated alkanes) is 1. The van der Waals surface area contributed by atoms with E-state index < -0.39 is 0 Å². The molecule has 29 heavy (non-hydrogen) atoms. The van der Waals surface area contributed by atoms with Gasteiger partial charge in [0.15, 0.2) is 0 Å². The highest BCUT2D eigenvalue weighted by Crippen LogP contribution is 2.38. The highest BCUT2D eigenvalue weighted by Gasteiger charge is 2.42. The van der Waals surface area contributed by atoms with Gasteiger partial charge in [-0.3, -0.25) is 14.5 Å². The molecule has 0 radical (unpaired) electrons. The lowest BCUT2D eigenvalue weighted by Crippen LogP contribution is -2.37. The molecule has 0 unspecified atom stereocenters. The number of carbonyl (C=O) groups excluding carboxylic acids is 2. The fourth-order valence-corrected chi connectivity index (χ4v) is 4.12. The lowest BCUT2D eigenvalue weighted by Gasteiger charge is -2.32. The minimum Gasteiger partial charge on any atom is -0.497 e. The van der Waals surface area contributed by atoms with Crippen LogP contribution in [-0.4, -0.2) is 36.9 Å². The fraction of sp³-hybridized carbons (Fsp3) is 0.333. The molecule has 2 aromatic rings. The van der Waals surface area contributed by atoms with Gasteiger partial charge in [-0.2, -0.15) is 0 Å². The normalized spacial score (nSPS) is 16.5. The number of aryl methyl sites for hydroxylation is 1. The van der Waals surface area contributed by atoms with Gasteiger partial charge in [0.2, 0.25) is 0 Å². The van der Waals surface area contributed by atoms with Gasteiger partial charge in [-0.1, -0.05) is 43.7 Å². The predicted molar refractivity (Wildman–Crippen MR) is 114 cm³/mol. The Morgan fingerprint density at radius 1 is 1.00 bits per heavy atom. The van der Waals surface area contributed by atoms with Gasteiger partial charge in [0, 0.05) is 18.8 Å². The molecule has 0 aliphatic carbocycles. The number of rotatable bonds is 6. The summed E-state index contributed by atoms with van der Waals surface area (Å²) < 4.78 is 5.25. The highest BCUT2D eigenvalue weighted by atomic mass is 16.5. The maximum absolute atomic E-state index is 13.4. The quantitative estimate of drug-likeness (QED) is 0.699. The second kappa shape index (κ2) is 8.11. The Balaban J connectivity index is 1.84. The second-order valence-electron chi connectivity index (χ2n) is 7.45. The summed E-state index contributed by atoms with van der Waals surface area (Å²) in [6, 6.07) is 15.5. The van der Waals surface area contributed by atoms with E-state index in [4.69, 9.17) is 4.74 Å². The monoisotopic (exact) mass is 390 g/mol. The molecule has 0 saturated heterocycles. The second-order valence-corrected chi connectivity index (χ2v) is 7.45. The molecule has 2 amide bonds. The van der Waals surface area contributed by atoms with E-state index in [1.54, 1.807) is 7.11 Å². The number of nitrogens with zero attached hydrogens (tertiary/aromatic N) is 2. The van der Waals surface area contributed by atoms with Crippen LogP contribution in [-0.2, 0) is 16.0 Å². The average Bonchev–Trinajstić information content (AvgIpc) is 3.01. The number of hydrogen-bond acceptors (Lipinski definition) is 4. The van der Waals surface area contributed by atoms with E-state index in [0.29, 0.717) is 17.8 Å². The number of carbonyl (C=O) groups is 2. The van der Waals surface area contributed by atoms with Crippen molar-refractivity contribution in [3.8, 4) is 5.75 Å². The SMILES string of the molecule is CCCCN1C(=O)C(c2ccc(OC)cc2)=C(N2CCCc3ccccc32)C1=O. The first kappa shape index (κ1) is 19.2. The van der Waals surface area contributed by atoms with Crippen LogP contribution in [0, 0.1) is 0 Å². The molecule has 0 bridgehead atoms. The molecule has 2 heterocycles. The number of anilines is 1. The topological polar surface area (TPSA) is 49.9 Å². The molecule has 2 aliphatic rings. The van der Waals surface area contributed by atoms with Crippen molar-refractivity contribution in [1.82, 2.24) is 4.90 Å². The number of methoxy groups -OCH3 is 1. The number of amides is 2. The Kier molecular flexibility index (Phi) is 5.38. The summed E-state index contributed by atoms with van der Waals surface area (Å²) in [6.45, 7) is 3.24. The van der Waals surface area contributed by atoms with Gasteiger partial charge in [-0.25, -0.2) is 0 Å². The van der Waals surface area contributed by atoms with Crippen LogP contribution < -0.4 is 9.64 Å². The number of ether oxygens (including phenoxy) is 1. The Morgan fingerprint density at radius 2 is 1.76 bits per heavy atom. The van der Waals surface area contributed by atoms with E-state index in [1.807, 2.05) is 47.4 Å². The molecule has 0 spiro atoms. The molecular weight excluding hydrogens is 364 g/mol. The smallest absolute Gasteiger partial charge is 0.278 e. The van der Waals surface area contributed by atoms with Crippen molar-refractivity contribution in [2.75, 3.05) is 25.1 Å². The molecule has 5 nitrogen and oxygen atoms in total. The van der Waals surface area contributed by atoms with Gasteiger partial charge in [0.05, 0.1) is 12.7 Å². The summed E-state index contributed by atoms with van der Waals surface area (Å²) in [6.07, 6.45) is 3.67. The van der Waals surface area contributed by atoms with E-state index in [0.717, 1.165) is 49.2 Å². The lowest BCUT2D eigenvalue weighted by atomic mass is 9.98. The summed E-state index contributed by atoms with van der Waals surface area (Å²) in [4.78, 5) is 30.2. The van der Waals surface area contributed by atoms with Crippen LogP contribution in [0.3, 0.4) is 0 Å². The van der Waals surface area contributed by atoms with Crippen LogP contribution in [0.25, 0.3) is 5.57 Å². The van der Waals surface area contributed by atoms with Gasteiger partial charge < -0.3 is 9.64 Å². The third-order valence-corrected chi connectivity index (χ3v) is 5.64. The van der Waals surface area contributed by atoms with Crippen molar-refractivity contribution in [1.29, 1.82) is 0 Å². The first-order valence-corrected chi connectivity index (χ1v) is 10.3. The maximum Gasteiger partial charge on any atom is 0.278 e. The first-order valence-electron chi connectivity index (χ1n) is 10.3. The van der Waals surface area contributed by atoms with Crippen LogP contribution in [0.5, 0.6) is 5.75 Å². The minimum atomic E-state index is -0.202. The zero-order chi connectivity index (χ0) is 20.4. The number of benzene rings is 2. The molecule has 0 saturated carbocycles. The summed E-state index contributed by atoms with van der Waals surface area (Å²) in [5.41, 5.74) is 3.99. The van der Waals surface area contributed by atoms with Crippen molar-refractivity contribution in [2.45, 2.75) is 32.6 Å². The minimum absolute atomic E-state index is 0.189. The molecule has 0 aromatic heterocycles. The van der Waals surface area contributed by atoms with Gasteiger partial charge in [0.1, 0.15) is 11.4 Å². The van der Waals surface area contributed by atoms with Crippen molar-refractivity contribution >= 4 is 23.1 Å². The Morgan fingerprint density at radius 3 is 2.48 bits per heavy atom. The number of para-hydroxylation sites is 1. The standard InChI is InChI=1S/C24H26N2O3/c1-3-4-15-26-23(27)21(18-11-13-19(29-2)14-12-18)22(24(26)28)25-16-7-9-17-8-5-6-10-20(17)25/h5-6,8,10-14H,3-4,7,9,15-16H2,1-2H3. The fourth-order valence-electron chi connectivity index (χ4n) is 4.12. The van der Waals surface area contributed by atoms with Gasteiger partial charge in [-0.15, -0.1) is 0 Å². The summed E-state index contributed by atoms with van der Waals surface area (Å²) >= 11 is 0. The van der Waals surface area contributed by atoms with E-state index in [9.17, 15) is 9.59 Å². The van der Waals surface area contributed by atoms with Crippen LogP contribution in [0.15, 0.2) is 54.2 Å². The van der Waals surface area contributed by atoms with Gasteiger partial charge in [-0.05, 0) is 48.6 Å². The maximum atomic E-state index is 13.4. The molecule has 4 rings (SSSR count). The van der Waals surface area contributed by atoms with E-state index in [2.05, 4.69) is 13.0 Å². The van der Waals surface area contributed by atoms with Crippen molar-refractivity contribution in [3.05, 3.63) is 65.4 Å². The highest BCUT2D eigenvalue weighted by molar-refractivity contribution is 6.36. The number of hydrogen-bond donors (Lipinski definition) is 0. The van der Waals surface area contributed by atoms with Crippen LogP contribution in [0.4, 0.5) is 5.69 Å². The van der Waals surface area contributed by atoms with E-state index in [1.165, 1.54) is 10.5 Å². The third kappa shape index (κ3) is 3.41. The zero-order valence-corrected chi connectivity index (χ0v) is 17.0. The van der Waals surface area contributed by atoms with Gasteiger partial charge >= 0.3 is 0 Å². The van der Waals surface area contributed by atoms with E-state index >= 15 is 0 Å². The lowest BCUT2D eigenvalue weighted by molar-refractivity contribution is -0.136. The number of fused-ring (bicyclic) bond motifs is 1. The van der Waals surface area contributed by atoms with Crippen LogP contribution in [0.2, 0.25) is 0 Å². The van der Waals surface area contributed by atoms with E-state index in [-0.39, 0.29) is 11.8 Å². The molecule has 150 valence electrons. The van der Waals surface area contributed by atoms with Crippen LogP contribution >= 0.6 is 0 Å². The third-order valence-electron chi connectivity index (χ3n) is 5.64. The number of imide groups is 1. The summed E-state index contributed by atoms with van der Waals surface area (Å²) in [5, 5.41) is 0. The van der Waals surface area contributed by atoms with Crippen molar-refractivity contribution < 1.29 is 14.3 Å². The Bertz CT molecular complexity index is 962. The van der Waals surface area contributed by atoms with Crippen LogP contribution in [0.1, 0.15) is 37.3 Å². The molecule has 5 heteroatoms. The predicted octanol–water partition coefficient (Wildman–Crippen LogP) is 4.03. The summed E-state index contributed by atoms with van der Waals surface area (Å²) in [7, 11) is 1.61. The molecule has 0 atom stereocenters.